The van der Waals surface area contributed by atoms with Crippen molar-refractivity contribution in [3.05, 3.63) is 64.5 Å². The SMILES string of the molecule is CC(=O)c1ccccc1-c1csc(OCc2c(C)cccc2N(N)C(=O)N(C)N)n1. The summed E-state index contributed by atoms with van der Waals surface area (Å²) in [5, 5.41) is 4.19. The van der Waals surface area contributed by atoms with Crippen LogP contribution in [0.1, 0.15) is 28.4 Å². The Bertz CT molecular complexity index is 1080. The highest BCUT2D eigenvalue weighted by Gasteiger charge is 2.19. The minimum atomic E-state index is -0.556. The molecule has 0 aliphatic heterocycles. The average molecular weight is 426 g/mol. The van der Waals surface area contributed by atoms with Crippen LogP contribution in [0.5, 0.6) is 5.19 Å². The molecule has 0 atom stereocenters. The van der Waals surface area contributed by atoms with Gasteiger partial charge in [-0.05, 0) is 25.5 Å². The van der Waals surface area contributed by atoms with Gasteiger partial charge < -0.3 is 4.74 Å². The minimum Gasteiger partial charge on any atom is -0.465 e. The zero-order valence-electron chi connectivity index (χ0n) is 17.0. The minimum absolute atomic E-state index is 0.0248. The number of amides is 2. The summed E-state index contributed by atoms with van der Waals surface area (Å²) in [4.78, 5) is 28.5. The van der Waals surface area contributed by atoms with E-state index in [0.717, 1.165) is 26.7 Å². The van der Waals surface area contributed by atoms with E-state index in [4.69, 9.17) is 16.4 Å². The quantitative estimate of drug-likeness (QED) is 0.270. The first-order valence-electron chi connectivity index (χ1n) is 9.14. The van der Waals surface area contributed by atoms with Gasteiger partial charge in [0.25, 0.3) is 5.19 Å². The largest absolute Gasteiger partial charge is 0.465 e. The van der Waals surface area contributed by atoms with Gasteiger partial charge in [-0.3, -0.25) is 9.80 Å². The lowest BCUT2D eigenvalue weighted by Gasteiger charge is -2.24. The highest BCUT2D eigenvalue weighted by Crippen LogP contribution is 2.31. The van der Waals surface area contributed by atoms with Crippen molar-refractivity contribution in [3.63, 3.8) is 0 Å². The van der Waals surface area contributed by atoms with E-state index < -0.39 is 6.03 Å². The van der Waals surface area contributed by atoms with Gasteiger partial charge in [0.15, 0.2) is 5.78 Å². The molecule has 0 saturated carbocycles. The molecule has 4 N–H and O–H groups in total. The number of urea groups is 1. The number of rotatable bonds is 6. The molecule has 1 heterocycles. The second-order valence-electron chi connectivity index (χ2n) is 6.73. The molecule has 8 nitrogen and oxygen atoms in total. The Morgan fingerprint density at radius 2 is 1.87 bits per heavy atom. The lowest BCUT2D eigenvalue weighted by atomic mass is 10.0. The van der Waals surface area contributed by atoms with Gasteiger partial charge in [-0.2, -0.15) is 0 Å². The van der Waals surface area contributed by atoms with Gasteiger partial charge in [-0.15, -0.1) is 0 Å². The van der Waals surface area contributed by atoms with Crippen molar-refractivity contribution in [2.75, 3.05) is 12.1 Å². The lowest BCUT2D eigenvalue weighted by molar-refractivity contribution is 0.101. The summed E-state index contributed by atoms with van der Waals surface area (Å²) in [6.45, 7) is 3.60. The number of nitrogens with two attached hydrogens (primary N) is 2. The molecule has 2 aromatic carbocycles. The number of ether oxygens (including phenoxy) is 1. The second kappa shape index (κ2) is 9.04. The Morgan fingerprint density at radius 3 is 2.57 bits per heavy atom. The van der Waals surface area contributed by atoms with Crippen molar-refractivity contribution in [2.24, 2.45) is 11.7 Å². The maximum absolute atomic E-state index is 12.2. The molecule has 2 amide bonds. The van der Waals surface area contributed by atoms with E-state index in [0.29, 0.717) is 22.1 Å². The molecule has 9 heteroatoms. The number of anilines is 1. The van der Waals surface area contributed by atoms with Crippen LogP contribution in [-0.4, -0.2) is 28.9 Å². The second-order valence-corrected chi connectivity index (χ2v) is 7.55. The highest BCUT2D eigenvalue weighted by molar-refractivity contribution is 7.11. The fraction of sp³-hybridized carbons (Fsp3) is 0.190. The van der Waals surface area contributed by atoms with Crippen LogP contribution in [-0.2, 0) is 6.61 Å². The molecule has 3 rings (SSSR count). The molecule has 0 bridgehead atoms. The van der Waals surface area contributed by atoms with Crippen molar-refractivity contribution in [2.45, 2.75) is 20.5 Å². The maximum atomic E-state index is 12.2. The molecular formula is C21H23N5O3S. The van der Waals surface area contributed by atoms with Gasteiger partial charge in [-0.1, -0.05) is 47.7 Å². The zero-order valence-corrected chi connectivity index (χ0v) is 17.8. The summed E-state index contributed by atoms with van der Waals surface area (Å²) in [6.07, 6.45) is 0. The van der Waals surface area contributed by atoms with E-state index >= 15 is 0 Å². The zero-order chi connectivity index (χ0) is 21.8. The third-order valence-electron chi connectivity index (χ3n) is 4.56. The first-order valence-corrected chi connectivity index (χ1v) is 10.0. The maximum Gasteiger partial charge on any atom is 0.352 e. The number of ketones is 1. The first-order chi connectivity index (χ1) is 14.3. The number of carbonyl (C=O) groups is 2. The number of hydrogen-bond donors (Lipinski definition) is 2. The molecule has 30 heavy (non-hydrogen) atoms. The number of aryl methyl sites for hydroxylation is 1. The van der Waals surface area contributed by atoms with Crippen LogP contribution in [0.2, 0.25) is 0 Å². The standard InChI is InChI=1S/C21H23N5O3S/c1-13-7-6-10-19(26(23)21(28)25(3)22)17(13)11-29-20-24-18(12-30-20)16-9-5-4-8-15(16)14(2)27/h4-10,12H,11,22-23H2,1-3H3. The third kappa shape index (κ3) is 4.48. The van der Waals surface area contributed by atoms with E-state index in [1.165, 1.54) is 25.3 Å². The topological polar surface area (TPSA) is 115 Å². The Balaban J connectivity index is 1.83. The van der Waals surface area contributed by atoms with Gasteiger partial charge in [0.1, 0.15) is 6.61 Å². The molecule has 0 radical (unpaired) electrons. The van der Waals surface area contributed by atoms with Gasteiger partial charge in [0, 0.05) is 29.1 Å². The van der Waals surface area contributed by atoms with E-state index in [1.54, 1.807) is 18.2 Å². The summed E-state index contributed by atoms with van der Waals surface area (Å²) in [5.41, 5.74) is 4.20. The highest BCUT2D eigenvalue weighted by atomic mass is 32.1. The van der Waals surface area contributed by atoms with E-state index in [9.17, 15) is 9.59 Å². The summed E-state index contributed by atoms with van der Waals surface area (Å²) in [5.74, 6) is 11.5. The van der Waals surface area contributed by atoms with Gasteiger partial charge in [0.2, 0.25) is 0 Å². The van der Waals surface area contributed by atoms with Crippen molar-refractivity contribution >= 4 is 28.8 Å². The molecule has 0 saturated heterocycles. The number of aromatic nitrogens is 1. The fourth-order valence-corrected chi connectivity index (χ4v) is 3.64. The van der Waals surface area contributed by atoms with Crippen LogP contribution in [0.3, 0.4) is 0 Å². The smallest absolute Gasteiger partial charge is 0.352 e. The lowest BCUT2D eigenvalue weighted by Crippen LogP contribution is -2.49. The number of hydrogen-bond acceptors (Lipinski definition) is 7. The van der Waals surface area contributed by atoms with Crippen molar-refractivity contribution < 1.29 is 14.3 Å². The molecule has 0 unspecified atom stereocenters. The number of benzene rings is 2. The van der Waals surface area contributed by atoms with Crippen molar-refractivity contribution in [1.82, 2.24) is 9.99 Å². The van der Waals surface area contributed by atoms with Crippen molar-refractivity contribution in [3.8, 4) is 16.5 Å². The molecule has 156 valence electrons. The molecular weight excluding hydrogens is 402 g/mol. The van der Waals surface area contributed by atoms with Crippen LogP contribution >= 0.6 is 11.3 Å². The average Bonchev–Trinajstić information content (AvgIpc) is 3.20. The molecule has 3 aromatic rings. The van der Waals surface area contributed by atoms with Crippen LogP contribution in [0.15, 0.2) is 47.8 Å². The number of nitrogens with zero attached hydrogens (tertiary/aromatic N) is 3. The summed E-state index contributed by atoms with van der Waals surface area (Å²) in [6, 6.07) is 12.2. The van der Waals surface area contributed by atoms with E-state index in [2.05, 4.69) is 4.98 Å². The van der Waals surface area contributed by atoms with Crippen LogP contribution in [0.4, 0.5) is 10.5 Å². The van der Waals surface area contributed by atoms with Gasteiger partial charge in [-0.25, -0.2) is 26.5 Å². The van der Waals surface area contributed by atoms with Crippen LogP contribution in [0.25, 0.3) is 11.3 Å². The number of thiazole rings is 1. The number of carbonyl (C=O) groups excluding carboxylic acids is 2. The van der Waals surface area contributed by atoms with Crippen LogP contribution < -0.4 is 21.4 Å². The Morgan fingerprint density at radius 1 is 1.13 bits per heavy atom. The number of hydrazine groups is 2. The molecule has 0 aliphatic rings. The predicted octanol–water partition coefficient (Wildman–Crippen LogP) is 3.51. The van der Waals surface area contributed by atoms with Gasteiger partial charge in [0.05, 0.1) is 11.4 Å². The Hall–Kier alpha value is -3.27. The third-order valence-corrected chi connectivity index (χ3v) is 5.31. The monoisotopic (exact) mass is 425 g/mol. The van der Waals surface area contributed by atoms with E-state index in [1.807, 2.05) is 36.6 Å². The fourth-order valence-electron chi connectivity index (χ4n) is 2.97. The van der Waals surface area contributed by atoms with Crippen molar-refractivity contribution in [1.29, 1.82) is 0 Å². The molecule has 0 fully saturated rings. The Labute approximate surface area is 178 Å². The molecule has 0 spiro atoms. The predicted molar refractivity (Wildman–Crippen MR) is 117 cm³/mol. The summed E-state index contributed by atoms with van der Waals surface area (Å²) < 4.78 is 5.89. The summed E-state index contributed by atoms with van der Waals surface area (Å²) >= 11 is 1.33. The van der Waals surface area contributed by atoms with Gasteiger partial charge >= 0.3 is 6.03 Å². The van der Waals surface area contributed by atoms with Crippen LogP contribution in [0, 0.1) is 6.92 Å². The summed E-state index contributed by atoms with van der Waals surface area (Å²) in [7, 11) is 1.42. The number of Topliss-reactive ketones (excluding diaryl/α,β-unsaturated/α-hetero) is 1. The first kappa shape index (κ1) is 21.4. The molecule has 0 aliphatic carbocycles. The van der Waals surface area contributed by atoms with E-state index in [-0.39, 0.29) is 12.4 Å². The normalized spacial score (nSPS) is 10.6. The Kier molecular flexibility index (Phi) is 6.46. The molecule has 1 aromatic heterocycles.